The number of Topliss-reactive ketones (excluding diaryl/α,β-unsaturated/α-hetero) is 1. The number of carbonyl (C=O) groups excluding carboxylic acids is 1. The number of likely N-dealkylation sites (tertiary alicyclic amines) is 1. The molecular weight excluding hydrogens is 342 g/mol. The van der Waals surface area contributed by atoms with E-state index in [2.05, 4.69) is 83.8 Å². The monoisotopic (exact) mass is 365 g/mol. The van der Waals surface area contributed by atoms with Gasteiger partial charge in [0, 0.05) is 37.0 Å². The van der Waals surface area contributed by atoms with Crippen LogP contribution in [-0.4, -0.2) is 23.8 Å². The van der Waals surface area contributed by atoms with E-state index in [9.17, 15) is 4.79 Å². The summed E-state index contributed by atoms with van der Waals surface area (Å²) < 4.78 is 0. The zero-order valence-corrected chi connectivity index (χ0v) is 15.8. The van der Waals surface area contributed by atoms with Gasteiger partial charge in [-0.05, 0) is 22.3 Å². The molecule has 1 aliphatic carbocycles. The summed E-state index contributed by atoms with van der Waals surface area (Å²) >= 11 is 0. The molecule has 0 radical (unpaired) electrons. The fourth-order valence-electron chi connectivity index (χ4n) is 4.54. The van der Waals surface area contributed by atoms with Crippen molar-refractivity contribution in [2.75, 3.05) is 13.1 Å². The number of fused-ring (bicyclic) bond motifs is 1. The number of hydrogen-bond acceptors (Lipinski definition) is 2. The highest BCUT2D eigenvalue weighted by molar-refractivity contribution is 6.24. The maximum Gasteiger partial charge on any atom is 0.168 e. The average Bonchev–Trinajstić information content (AvgIpc) is 3.28. The summed E-state index contributed by atoms with van der Waals surface area (Å²) in [5.74, 6) is 0.778. The Kier molecular flexibility index (Phi) is 4.42. The highest BCUT2D eigenvalue weighted by Gasteiger charge is 2.42. The lowest BCUT2D eigenvalue weighted by Gasteiger charge is -2.16. The highest BCUT2D eigenvalue weighted by atomic mass is 16.1. The van der Waals surface area contributed by atoms with E-state index in [1.54, 1.807) is 0 Å². The van der Waals surface area contributed by atoms with Crippen molar-refractivity contribution in [2.45, 2.75) is 6.54 Å². The van der Waals surface area contributed by atoms with Gasteiger partial charge in [-0.3, -0.25) is 9.69 Å². The second-order valence-electron chi connectivity index (χ2n) is 7.84. The summed E-state index contributed by atoms with van der Waals surface area (Å²) in [7, 11) is 0. The zero-order valence-electron chi connectivity index (χ0n) is 15.8. The second-order valence-corrected chi connectivity index (χ2v) is 7.84. The van der Waals surface area contributed by atoms with Gasteiger partial charge in [-0.2, -0.15) is 0 Å². The molecule has 0 saturated carbocycles. The standard InChI is InChI=1S/C26H23NO/c28-26-24(22-13-11-21(12-14-22)20-9-5-2-6-10-20)15-23-17-27(18-25(23)26)16-19-7-3-1-4-8-19/h1-15,23,25H,16-18H2. The van der Waals surface area contributed by atoms with Crippen LogP contribution in [0.15, 0.2) is 91.0 Å². The van der Waals surface area contributed by atoms with Crippen LogP contribution >= 0.6 is 0 Å². The third-order valence-corrected chi connectivity index (χ3v) is 5.98. The Labute approximate surface area is 166 Å². The average molecular weight is 365 g/mol. The Morgan fingerprint density at radius 1 is 0.714 bits per heavy atom. The molecule has 0 aromatic heterocycles. The Morgan fingerprint density at radius 2 is 1.32 bits per heavy atom. The van der Waals surface area contributed by atoms with E-state index in [1.807, 2.05) is 12.1 Å². The van der Waals surface area contributed by atoms with Gasteiger partial charge >= 0.3 is 0 Å². The SMILES string of the molecule is O=C1C(c2ccc(-c3ccccc3)cc2)=CC2CN(Cc3ccccc3)CC12. The van der Waals surface area contributed by atoms with E-state index in [4.69, 9.17) is 0 Å². The van der Waals surface area contributed by atoms with Gasteiger partial charge in [0.15, 0.2) is 5.78 Å². The van der Waals surface area contributed by atoms with Crippen molar-refractivity contribution < 1.29 is 4.79 Å². The summed E-state index contributed by atoms with van der Waals surface area (Å²) in [6.07, 6.45) is 2.22. The van der Waals surface area contributed by atoms with Gasteiger partial charge in [-0.1, -0.05) is 91.0 Å². The maximum absolute atomic E-state index is 13.0. The lowest BCUT2D eigenvalue weighted by Crippen LogP contribution is -2.23. The third kappa shape index (κ3) is 3.21. The molecule has 1 fully saturated rings. The van der Waals surface area contributed by atoms with Crippen LogP contribution in [0.2, 0.25) is 0 Å². The molecule has 0 spiro atoms. The van der Waals surface area contributed by atoms with Crippen molar-refractivity contribution in [1.29, 1.82) is 0 Å². The number of ketones is 1. The number of hydrogen-bond donors (Lipinski definition) is 0. The lowest BCUT2D eigenvalue weighted by molar-refractivity contribution is -0.116. The molecule has 1 heterocycles. The van der Waals surface area contributed by atoms with Gasteiger partial charge in [0.25, 0.3) is 0 Å². The normalized spacial score (nSPS) is 21.6. The quantitative estimate of drug-likeness (QED) is 0.643. The Balaban J connectivity index is 1.31. The number of nitrogens with zero attached hydrogens (tertiary/aromatic N) is 1. The minimum atomic E-state index is 0.118. The molecule has 28 heavy (non-hydrogen) atoms. The van der Waals surface area contributed by atoms with Crippen LogP contribution in [0.1, 0.15) is 11.1 Å². The van der Waals surface area contributed by atoms with Crippen LogP contribution in [0.4, 0.5) is 0 Å². The van der Waals surface area contributed by atoms with Gasteiger partial charge in [-0.25, -0.2) is 0 Å². The fraction of sp³-hybridized carbons (Fsp3) is 0.192. The minimum absolute atomic E-state index is 0.118. The van der Waals surface area contributed by atoms with Crippen molar-refractivity contribution in [3.05, 3.63) is 102 Å². The first-order valence-corrected chi connectivity index (χ1v) is 9.96. The van der Waals surface area contributed by atoms with Crippen molar-refractivity contribution in [3.63, 3.8) is 0 Å². The Morgan fingerprint density at radius 3 is 2.00 bits per heavy atom. The van der Waals surface area contributed by atoms with Crippen LogP contribution in [0, 0.1) is 11.8 Å². The van der Waals surface area contributed by atoms with Crippen molar-refractivity contribution in [2.24, 2.45) is 11.8 Å². The predicted octanol–water partition coefficient (Wildman–Crippen LogP) is 5.07. The van der Waals surface area contributed by atoms with Crippen LogP contribution < -0.4 is 0 Å². The van der Waals surface area contributed by atoms with Gasteiger partial charge in [0.05, 0.1) is 0 Å². The van der Waals surface area contributed by atoms with E-state index in [0.717, 1.165) is 30.8 Å². The third-order valence-electron chi connectivity index (χ3n) is 5.98. The summed E-state index contributed by atoms with van der Waals surface area (Å²) in [4.78, 5) is 15.5. The van der Waals surface area contributed by atoms with E-state index in [-0.39, 0.29) is 5.92 Å². The molecule has 0 N–H and O–H groups in total. The van der Waals surface area contributed by atoms with Crippen molar-refractivity contribution >= 4 is 11.4 Å². The molecule has 1 saturated heterocycles. The number of carbonyl (C=O) groups is 1. The summed E-state index contributed by atoms with van der Waals surface area (Å²) in [6, 6.07) is 29.3. The Bertz CT molecular complexity index is 1010. The van der Waals surface area contributed by atoms with Crippen molar-refractivity contribution in [1.82, 2.24) is 4.90 Å². The fourth-order valence-corrected chi connectivity index (χ4v) is 4.54. The molecule has 2 unspecified atom stereocenters. The molecule has 138 valence electrons. The van der Waals surface area contributed by atoms with Crippen LogP contribution in [0.3, 0.4) is 0 Å². The lowest BCUT2D eigenvalue weighted by atomic mass is 9.96. The first-order valence-electron chi connectivity index (χ1n) is 9.96. The van der Waals surface area contributed by atoms with E-state index in [0.29, 0.717) is 11.7 Å². The topological polar surface area (TPSA) is 20.3 Å². The predicted molar refractivity (Wildman–Crippen MR) is 114 cm³/mol. The second kappa shape index (κ2) is 7.21. The highest BCUT2D eigenvalue weighted by Crippen LogP contribution is 2.39. The zero-order chi connectivity index (χ0) is 18.9. The molecular formula is C26H23NO. The largest absolute Gasteiger partial charge is 0.298 e. The van der Waals surface area contributed by atoms with Gasteiger partial charge in [0.2, 0.25) is 0 Å². The molecule has 1 aliphatic heterocycles. The van der Waals surface area contributed by atoms with Gasteiger partial charge < -0.3 is 0 Å². The van der Waals surface area contributed by atoms with Gasteiger partial charge in [-0.15, -0.1) is 0 Å². The molecule has 2 atom stereocenters. The minimum Gasteiger partial charge on any atom is -0.298 e. The number of benzene rings is 3. The van der Waals surface area contributed by atoms with Gasteiger partial charge in [0.1, 0.15) is 0 Å². The molecule has 0 bridgehead atoms. The van der Waals surface area contributed by atoms with E-state index >= 15 is 0 Å². The van der Waals surface area contributed by atoms with Crippen LogP contribution in [0.25, 0.3) is 16.7 Å². The number of allylic oxidation sites excluding steroid dienone is 1. The van der Waals surface area contributed by atoms with Crippen LogP contribution in [-0.2, 0) is 11.3 Å². The summed E-state index contributed by atoms with van der Waals surface area (Å²) in [6.45, 7) is 2.76. The van der Waals surface area contributed by atoms with E-state index < -0.39 is 0 Å². The van der Waals surface area contributed by atoms with Crippen molar-refractivity contribution in [3.8, 4) is 11.1 Å². The summed E-state index contributed by atoms with van der Waals surface area (Å²) in [5, 5.41) is 0. The first kappa shape index (κ1) is 17.2. The molecule has 5 rings (SSSR count). The summed E-state index contributed by atoms with van der Waals surface area (Å²) in [5.41, 5.74) is 5.66. The molecule has 2 heteroatoms. The first-order chi connectivity index (χ1) is 13.8. The number of rotatable bonds is 4. The molecule has 2 aliphatic rings. The maximum atomic E-state index is 13.0. The smallest absolute Gasteiger partial charge is 0.168 e. The molecule has 0 amide bonds. The van der Waals surface area contributed by atoms with E-state index in [1.165, 1.54) is 16.7 Å². The molecule has 2 nitrogen and oxygen atoms in total. The molecule has 3 aromatic rings. The molecule has 3 aromatic carbocycles. The van der Waals surface area contributed by atoms with Crippen LogP contribution in [0.5, 0.6) is 0 Å². The Hall–Kier alpha value is -2.97.